The molecule has 0 aliphatic carbocycles. The molecule has 0 spiro atoms. The zero-order valence-electron chi connectivity index (χ0n) is 13.9. The first-order chi connectivity index (χ1) is 11.8. The van der Waals surface area contributed by atoms with E-state index in [2.05, 4.69) is 10.4 Å². The second kappa shape index (κ2) is 6.57. The molecular weight excluding hydrogens is 347 g/mol. The number of nitrogens with zero attached hydrogens (tertiary/aromatic N) is 3. The monoisotopic (exact) mass is 366 g/mol. The van der Waals surface area contributed by atoms with Crippen LogP contribution in [-0.2, 0) is 21.9 Å². The lowest BCUT2D eigenvalue weighted by Crippen LogP contribution is -2.43. The van der Waals surface area contributed by atoms with Gasteiger partial charge in [0.2, 0.25) is 15.9 Å². The normalized spacial score (nSPS) is 18.4. The molecule has 25 heavy (non-hydrogen) atoms. The molecule has 1 aliphatic rings. The Morgan fingerprint density at radius 2 is 2.00 bits per heavy atom. The number of amides is 1. The van der Waals surface area contributed by atoms with Crippen molar-refractivity contribution in [3.63, 3.8) is 0 Å². The molecule has 1 fully saturated rings. The summed E-state index contributed by atoms with van der Waals surface area (Å²) in [6.07, 6.45) is 1.02. The van der Waals surface area contributed by atoms with Crippen LogP contribution in [0.3, 0.4) is 0 Å². The molecular formula is C16H19FN4O3S. The maximum atomic E-state index is 13.1. The average Bonchev–Trinajstić information content (AvgIpc) is 3.15. The summed E-state index contributed by atoms with van der Waals surface area (Å²) in [5, 5.41) is 6.88. The van der Waals surface area contributed by atoms with E-state index in [9.17, 15) is 17.6 Å². The number of halogens is 1. The summed E-state index contributed by atoms with van der Waals surface area (Å²) in [5.74, 6) is -0.402. The van der Waals surface area contributed by atoms with Crippen molar-refractivity contribution in [3.8, 4) is 0 Å². The lowest BCUT2D eigenvalue weighted by molar-refractivity contribution is -0.119. The number of carbonyl (C=O) groups is 1. The van der Waals surface area contributed by atoms with E-state index in [1.54, 1.807) is 20.0 Å². The molecule has 9 heteroatoms. The largest absolute Gasteiger partial charge is 0.310 e. The number of hydrogen-bond acceptors (Lipinski definition) is 4. The first-order valence-electron chi connectivity index (χ1n) is 7.88. The van der Waals surface area contributed by atoms with Gasteiger partial charge in [-0.2, -0.15) is 9.40 Å². The molecule has 134 valence electrons. The maximum absolute atomic E-state index is 13.1. The molecule has 7 nitrogen and oxygen atoms in total. The Hall–Kier alpha value is -2.26. The van der Waals surface area contributed by atoms with E-state index in [1.807, 2.05) is 0 Å². The van der Waals surface area contributed by atoms with Gasteiger partial charge < -0.3 is 5.32 Å². The number of aromatic nitrogens is 2. The minimum atomic E-state index is -3.86. The molecule has 0 bridgehead atoms. The Labute approximate surface area is 145 Å². The second-order valence-electron chi connectivity index (χ2n) is 6.01. The van der Waals surface area contributed by atoms with E-state index in [0.29, 0.717) is 18.7 Å². The molecule has 3 rings (SSSR count). The minimum Gasteiger partial charge on any atom is -0.310 e. The quantitative estimate of drug-likeness (QED) is 0.892. The zero-order chi connectivity index (χ0) is 18.2. The van der Waals surface area contributed by atoms with Crippen molar-refractivity contribution in [1.29, 1.82) is 0 Å². The van der Waals surface area contributed by atoms with Crippen molar-refractivity contribution in [2.75, 3.05) is 11.9 Å². The first kappa shape index (κ1) is 17.6. The Morgan fingerprint density at radius 1 is 1.32 bits per heavy atom. The van der Waals surface area contributed by atoms with Gasteiger partial charge in [0, 0.05) is 19.7 Å². The number of aryl methyl sites for hydroxylation is 2. The summed E-state index contributed by atoms with van der Waals surface area (Å²) in [6.45, 7) is 2.05. The highest BCUT2D eigenvalue weighted by Crippen LogP contribution is 2.27. The number of sulfonamides is 1. The molecule has 1 aliphatic heterocycles. The van der Waals surface area contributed by atoms with Gasteiger partial charge >= 0.3 is 0 Å². The highest BCUT2D eigenvalue weighted by Gasteiger charge is 2.39. The van der Waals surface area contributed by atoms with Crippen LogP contribution in [-0.4, -0.2) is 41.0 Å². The van der Waals surface area contributed by atoms with Crippen molar-refractivity contribution < 1.29 is 17.6 Å². The van der Waals surface area contributed by atoms with Crippen LogP contribution in [0, 0.1) is 12.7 Å². The van der Waals surface area contributed by atoms with Crippen molar-refractivity contribution in [3.05, 3.63) is 41.8 Å². The summed E-state index contributed by atoms with van der Waals surface area (Å²) in [4.78, 5) is 12.6. The molecule has 1 unspecified atom stereocenters. The van der Waals surface area contributed by atoms with Crippen molar-refractivity contribution in [2.24, 2.45) is 7.05 Å². The van der Waals surface area contributed by atoms with E-state index in [0.717, 1.165) is 17.8 Å². The smallest absolute Gasteiger partial charge is 0.243 e. The Bertz CT molecular complexity index is 893. The summed E-state index contributed by atoms with van der Waals surface area (Å²) in [5.41, 5.74) is 0.750. The van der Waals surface area contributed by atoms with Crippen LogP contribution < -0.4 is 5.32 Å². The average molecular weight is 366 g/mol. The molecule has 2 aromatic rings. The molecule has 1 aromatic heterocycles. The molecule has 1 N–H and O–H groups in total. The Kier molecular flexibility index (Phi) is 4.61. The summed E-state index contributed by atoms with van der Waals surface area (Å²) >= 11 is 0. The number of nitrogens with one attached hydrogen (secondary N) is 1. The molecule has 2 heterocycles. The fourth-order valence-electron chi connectivity index (χ4n) is 2.97. The van der Waals surface area contributed by atoms with Crippen LogP contribution in [0.2, 0.25) is 0 Å². The Morgan fingerprint density at radius 3 is 2.60 bits per heavy atom. The van der Waals surface area contributed by atoms with Crippen molar-refractivity contribution >= 4 is 21.7 Å². The van der Waals surface area contributed by atoms with Gasteiger partial charge in [-0.1, -0.05) is 0 Å². The van der Waals surface area contributed by atoms with Gasteiger partial charge in [-0.25, -0.2) is 12.8 Å². The molecule has 1 saturated heterocycles. The number of anilines is 1. The highest BCUT2D eigenvalue weighted by molar-refractivity contribution is 7.89. The third kappa shape index (κ3) is 3.42. The van der Waals surface area contributed by atoms with Crippen molar-refractivity contribution in [1.82, 2.24) is 14.1 Å². The van der Waals surface area contributed by atoms with E-state index < -0.39 is 27.8 Å². The topological polar surface area (TPSA) is 84.3 Å². The van der Waals surface area contributed by atoms with E-state index in [1.165, 1.54) is 21.1 Å². The minimum absolute atomic E-state index is 0.0232. The van der Waals surface area contributed by atoms with Gasteiger partial charge in [-0.3, -0.25) is 9.48 Å². The SMILES string of the molecule is Cc1cc(NC(=O)C2CCCN2S(=O)(=O)c2ccc(F)cc2)n(C)n1. The van der Waals surface area contributed by atoms with Gasteiger partial charge in [0.05, 0.1) is 10.6 Å². The van der Waals surface area contributed by atoms with Crippen LogP contribution in [0.25, 0.3) is 0 Å². The van der Waals surface area contributed by atoms with Gasteiger partial charge in [-0.05, 0) is 44.0 Å². The second-order valence-corrected chi connectivity index (χ2v) is 7.90. The number of rotatable bonds is 4. The highest BCUT2D eigenvalue weighted by atomic mass is 32.2. The first-order valence-corrected chi connectivity index (χ1v) is 9.32. The number of benzene rings is 1. The molecule has 0 radical (unpaired) electrons. The molecule has 1 amide bonds. The summed E-state index contributed by atoms with van der Waals surface area (Å²) in [7, 11) is -2.16. The van der Waals surface area contributed by atoms with Crippen molar-refractivity contribution in [2.45, 2.75) is 30.7 Å². The fourth-order valence-corrected chi connectivity index (χ4v) is 4.63. The third-order valence-electron chi connectivity index (χ3n) is 4.18. The lowest BCUT2D eigenvalue weighted by atomic mass is 10.2. The summed E-state index contributed by atoms with van der Waals surface area (Å²) in [6, 6.07) is 5.52. The van der Waals surface area contributed by atoms with Crippen LogP contribution in [0.15, 0.2) is 35.2 Å². The van der Waals surface area contributed by atoms with Gasteiger partial charge in [0.15, 0.2) is 0 Å². The number of carbonyl (C=O) groups excluding carboxylic acids is 1. The van der Waals surface area contributed by atoms with E-state index >= 15 is 0 Å². The van der Waals surface area contributed by atoms with E-state index in [-0.39, 0.29) is 11.4 Å². The van der Waals surface area contributed by atoms with Crippen LogP contribution >= 0.6 is 0 Å². The van der Waals surface area contributed by atoms with Gasteiger partial charge in [0.1, 0.15) is 17.7 Å². The Balaban J connectivity index is 1.83. The predicted molar refractivity (Wildman–Crippen MR) is 89.9 cm³/mol. The molecule has 0 saturated carbocycles. The maximum Gasteiger partial charge on any atom is 0.243 e. The predicted octanol–water partition coefficient (Wildman–Crippen LogP) is 1.66. The molecule has 1 aromatic carbocycles. The zero-order valence-corrected chi connectivity index (χ0v) is 14.8. The van der Waals surface area contributed by atoms with Gasteiger partial charge in [0.25, 0.3) is 0 Å². The van der Waals surface area contributed by atoms with Crippen LogP contribution in [0.1, 0.15) is 18.5 Å². The number of hydrogen-bond donors (Lipinski definition) is 1. The third-order valence-corrected chi connectivity index (χ3v) is 6.10. The summed E-state index contributed by atoms with van der Waals surface area (Å²) < 4.78 is 41.3. The van der Waals surface area contributed by atoms with Crippen LogP contribution in [0.5, 0.6) is 0 Å². The fraction of sp³-hybridized carbons (Fsp3) is 0.375. The molecule has 1 atom stereocenters. The standard InChI is InChI=1S/C16H19FN4O3S/c1-11-10-15(20(2)19-11)18-16(22)14-4-3-9-21(14)25(23,24)13-7-5-12(17)6-8-13/h5-8,10,14H,3-4,9H2,1-2H3,(H,18,22). The lowest BCUT2D eigenvalue weighted by Gasteiger charge is -2.23. The van der Waals surface area contributed by atoms with Gasteiger partial charge in [-0.15, -0.1) is 0 Å². The van der Waals surface area contributed by atoms with E-state index in [4.69, 9.17) is 0 Å². The van der Waals surface area contributed by atoms with Crippen LogP contribution in [0.4, 0.5) is 10.2 Å².